The molecule has 80 heavy (non-hydrogen) atoms. The molecular weight excluding hydrogens is 983 g/mol. The van der Waals surface area contributed by atoms with Crippen LogP contribution in [0.5, 0.6) is 0 Å². The van der Waals surface area contributed by atoms with Gasteiger partial charge in [0.15, 0.2) is 0 Å². The molecule has 0 aliphatic heterocycles. The molecule has 2 atom stereocenters. The molecule has 0 bridgehead atoms. The number of carbonyl (C=O) groups is 2. The van der Waals surface area contributed by atoms with Crippen molar-refractivity contribution in [3.63, 3.8) is 0 Å². The second kappa shape index (κ2) is 69.8. The predicted octanol–water partition coefficient (Wildman–Crippen LogP) is 23.7. The second-order valence-corrected chi connectivity index (χ2v) is 25.3. The summed E-state index contributed by atoms with van der Waals surface area (Å²) in [4.78, 5) is 24.7. The van der Waals surface area contributed by atoms with Crippen LogP contribution in [0, 0.1) is 0 Å². The smallest absolute Gasteiger partial charge is 0.305 e. The molecule has 0 saturated carbocycles. The van der Waals surface area contributed by atoms with Crippen LogP contribution in [0.2, 0.25) is 0 Å². The van der Waals surface area contributed by atoms with E-state index < -0.39 is 12.1 Å². The number of unbranched alkanes of at least 4 members (excludes halogenated alkanes) is 54. The van der Waals surface area contributed by atoms with E-state index in [-0.39, 0.29) is 18.5 Å². The third-order valence-electron chi connectivity index (χ3n) is 17.2. The van der Waals surface area contributed by atoms with Crippen LogP contribution in [0.4, 0.5) is 0 Å². The van der Waals surface area contributed by atoms with E-state index in [1.807, 2.05) is 0 Å². The molecule has 0 aromatic heterocycles. The van der Waals surface area contributed by atoms with Gasteiger partial charge in [-0.25, -0.2) is 0 Å². The third kappa shape index (κ3) is 65.5. The van der Waals surface area contributed by atoms with Crippen LogP contribution < -0.4 is 5.32 Å². The number of ether oxygens (including phenoxy) is 1. The largest absolute Gasteiger partial charge is 0.466 e. The summed E-state index contributed by atoms with van der Waals surface area (Å²) in [5, 5.41) is 23.4. The van der Waals surface area contributed by atoms with Crippen LogP contribution in [0.25, 0.3) is 0 Å². The van der Waals surface area contributed by atoms with Crippen LogP contribution in [-0.2, 0) is 14.3 Å². The van der Waals surface area contributed by atoms with Crippen LogP contribution in [-0.4, -0.2) is 47.4 Å². The quantitative estimate of drug-likeness (QED) is 0.0320. The summed E-state index contributed by atoms with van der Waals surface area (Å²) in [5.74, 6) is -0.0273. The van der Waals surface area contributed by atoms with Crippen molar-refractivity contribution >= 4 is 11.9 Å². The van der Waals surface area contributed by atoms with Gasteiger partial charge in [-0.1, -0.05) is 346 Å². The van der Waals surface area contributed by atoms with Gasteiger partial charge >= 0.3 is 5.97 Å². The monoisotopic (exact) mass is 1130 g/mol. The van der Waals surface area contributed by atoms with Gasteiger partial charge in [0.1, 0.15) is 0 Å². The number of rotatable bonds is 69. The molecule has 0 heterocycles. The van der Waals surface area contributed by atoms with Crippen LogP contribution in [0.3, 0.4) is 0 Å². The Kier molecular flexibility index (Phi) is 68.4. The number of aliphatic hydroxyl groups excluding tert-OH is 2. The lowest BCUT2D eigenvalue weighted by Crippen LogP contribution is -2.45. The Hall–Kier alpha value is -1.66. The fourth-order valence-corrected chi connectivity index (χ4v) is 11.6. The number of aliphatic hydroxyl groups is 2. The maximum atomic E-state index is 12.6. The molecule has 0 rings (SSSR count). The molecule has 0 aromatic carbocycles. The number of amides is 1. The van der Waals surface area contributed by atoms with Gasteiger partial charge in [-0.2, -0.15) is 0 Å². The number of nitrogens with one attached hydrogen (secondary N) is 1. The zero-order valence-corrected chi connectivity index (χ0v) is 54.3. The van der Waals surface area contributed by atoms with Crippen molar-refractivity contribution in [3.8, 4) is 0 Å². The predicted molar refractivity (Wildman–Crippen MR) is 352 cm³/mol. The van der Waals surface area contributed by atoms with Crippen molar-refractivity contribution in [2.45, 2.75) is 424 Å². The van der Waals surface area contributed by atoms with E-state index in [0.717, 1.165) is 44.9 Å². The molecule has 0 radical (unpaired) electrons. The summed E-state index contributed by atoms with van der Waals surface area (Å²) in [7, 11) is 0. The van der Waals surface area contributed by atoms with Gasteiger partial charge in [0.05, 0.1) is 25.4 Å². The molecule has 0 fully saturated rings. The van der Waals surface area contributed by atoms with Gasteiger partial charge in [-0.05, 0) is 77.0 Å². The number of hydrogen-bond acceptors (Lipinski definition) is 5. The van der Waals surface area contributed by atoms with Crippen molar-refractivity contribution in [2.75, 3.05) is 13.2 Å². The standard InChI is InChI=1S/C74H143NO5/c1-3-5-7-9-11-13-15-17-19-21-22-23-25-28-31-35-38-42-46-50-54-58-62-66-72(77)71(70-76)75-73(78)67-63-59-55-51-47-43-39-36-32-29-26-24-27-30-33-37-41-45-49-53-57-61-65-69-80-74(79)68-64-60-56-52-48-44-40-34-20-18-16-14-12-10-8-6-4-2/h18,20,29,32,71-72,76-77H,3-17,19,21-28,30-31,33-70H2,1-2H3,(H,75,78)/b20-18-,32-29-. The van der Waals surface area contributed by atoms with Crippen molar-refractivity contribution < 1.29 is 24.5 Å². The molecule has 0 aliphatic carbocycles. The molecule has 6 heteroatoms. The summed E-state index contributed by atoms with van der Waals surface area (Å²) in [6.07, 6.45) is 88.0. The fourth-order valence-electron chi connectivity index (χ4n) is 11.6. The minimum absolute atomic E-state index is 0.00927. The maximum Gasteiger partial charge on any atom is 0.305 e. The summed E-state index contributed by atoms with van der Waals surface area (Å²) in [5.41, 5.74) is 0. The molecular formula is C74H143NO5. The minimum atomic E-state index is -0.670. The highest BCUT2D eigenvalue weighted by Crippen LogP contribution is 2.19. The fraction of sp³-hybridized carbons (Fsp3) is 0.919. The highest BCUT2D eigenvalue weighted by molar-refractivity contribution is 5.76. The van der Waals surface area contributed by atoms with Gasteiger partial charge in [-0.3, -0.25) is 9.59 Å². The first-order valence-electron chi connectivity index (χ1n) is 36.6. The van der Waals surface area contributed by atoms with Crippen LogP contribution in [0.1, 0.15) is 412 Å². The lowest BCUT2D eigenvalue weighted by molar-refractivity contribution is -0.143. The van der Waals surface area contributed by atoms with Gasteiger partial charge in [0, 0.05) is 12.8 Å². The maximum absolute atomic E-state index is 12.6. The van der Waals surface area contributed by atoms with E-state index >= 15 is 0 Å². The number of esters is 1. The average Bonchev–Trinajstić information content (AvgIpc) is 3.46. The summed E-state index contributed by atoms with van der Waals surface area (Å²) >= 11 is 0. The van der Waals surface area contributed by atoms with Crippen molar-refractivity contribution in [3.05, 3.63) is 24.3 Å². The Labute approximate surface area is 501 Å². The highest BCUT2D eigenvalue weighted by Gasteiger charge is 2.20. The summed E-state index contributed by atoms with van der Waals surface area (Å²) < 4.78 is 5.50. The molecule has 0 aromatic rings. The Morgan fingerprint density at radius 2 is 0.588 bits per heavy atom. The minimum Gasteiger partial charge on any atom is -0.466 e. The summed E-state index contributed by atoms with van der Waals surface area (Å²) in [6.45, 7) is 4.99. The number of hydrogen-bond donors (Lipinski definition) is 3. The Morgan fingerprint density at radius 3 is 0.887 bits per heavy atom. The first-order valence-corrected chi connectivity index (χ1v) is 36.6. The second-order valence-electron chi connectivity index (χ2n) is 25.3. The van der Waals surface area contributed by atoms with Crippen molar-refractivity contribution in [1.29, 1.82) is 0 Å². The lowest BCUT2D eigenvalue weighted by Gasteiger charge is -2.22. The van der Waals surface area contributed by atoms with E-state index in [4.69, 9.17) is 4.74 Å². The van der Waals surface area contributed by atoms with E-state index in [1.54, 1.807) is 0 Å². The Bertz CT molecular complexity index is 1250. The lowest BCUT2D eigenvalue weighted by atomic mass is 10.0. The van der Waals surface area contributed by atoms with Crippen LogP contribution in [0.15, 0.2) is 24.3 Å². The zero-order valence-electron chi connectivity index (χ0n) is 54.3. The van der Waals surface area contributed by atoms with Gasteiger partial charge in [0.2, 0.25) is 5.91 Å². The Morgan fingerprint density at radius 1 is 0.338 bits per heavy atom. The van der Waals surface area contributed by atoms with Gasteiger partial charge in [-0.15, -0.1) is 0 Å². The zero-order chi connectivity index (χ0) is 57.8. The molecule has 1 amide bonds. The van der Waals surface area contributed by atoms with E-state index in [2.05, 4.69) is 43.5 Å². The molecule has 3 N–H and O–H groups in total. The van der Waals surface area contributed by atoms with Crippen molar-refractivity contribution in [2.24, 2.45) is 0 Å². The summed E-state index contributed by atoms with van der Waals surface area (Å²) in [6, 6.07) is -0.547. The van der Waals surface area contributed by atoms with Crippen molar-refractivity contribution in [1.82, 2.24) is 5.32 Å². The number of allylic oxidation sites excluding steroid dienone is 4. The van der Waals surface area contributed by atoms with E-state index in [9.17, 15) is 19.8 Å². The Balaban J connectivity index is 3.40. The van der Waals surface area contributed by atoms with Crippen LogP contribution >= 0.6 is 0 Å². The highest BCUT2D eigenvalue weighted by atomic mass is 16.5. The molecule has 6 nitrogen and oxygen atoms in total. The molecule has 0 spiro atoms. The average molecular weight is 1130 g/mol. The third-order valence-corrected chi connectivity index (χ3v) is 17.2. The van der Waals surface area contributed by atoms with Gasteiger partial charge < -0.3 is 20.3 Å². The first kappa shape index (κ1) is 78.3. The molecule has 0 aliphatic rings. The SMILES string of the molecule is CCCCCCCC/C=C\CCCCCCCCCC(=O)OCCCCCCCCCCCCCC/C=C\CCCCCCCCCC(=O)NC(CO)C(O)CCCCCCCCCCCCCCCCCCCCCCCCC. The topological polar surface area (TPSA) is 95.9 Å². The van der Waals surface area contributed by atoms with Gasteiger partial charge in [0.25, 0.3) is 0 Å². The first-order chi connectivity index (χ1) is 39.5. The van der Waals surface area contributed by atoms with E-state index in [1.165, 1.54) is 334 Å². The molecule has 0 saturated heterocycles. The molecule has 474 valence electrons. The van der Waals surface area contributed by atoms with E-state index in [0.29, 0.717) is 25.9 Å². The number of carbonyl (C=O) groups excluding carboxylic acids is 2. The molecule has 2 unspecified atom stereocenters. The normalized spacial score (nSPS) is 12.6.